The molecule has 3 rings (SSSR count). The van der Waals surface area contributed by atoms with Crippen molar-refractivity contribution in [2.24, 2.45) is 0 Å². The molecule has 0 spiro atoms. The van der Waals surface area contributed by atoms with Gasteiger partial charge in [-0.3, -0.25) is 15.0 Å². The van der Waals surface area contributed by atoms with Gasteiger partial charge in [-0.2, -0.15) is 4.68 Å². The van der Waals surface area contributed by atoms with Crippen molar-refractivity contribution in [3.8, 4) is 5.75 Å². The van der Waals surface area contributed by atoms with Crippen LogP contribution in [-0.2, 0) is 0 Å². The largest absolute Gasteiger partial charge is 0.497 e. The van der Waals surface area contributed by atoms with Gasteiger partial charge in [-0.15, -0.1) is 0 Å². The van der Waals surface area contributed by atoms with Gasteiger partial charge in [0.2, 0.25) is 0 Å². The lowest BCUT2D eigenvalue weighted by Crippen LogP contribution is -2.34. The first-order valence-corrected chi connectivity index (χ1v) is 7.20. The third-order valence-corrected chi connectivity index (χ3v) is 3.64. The van der Waals surface area contributed by atoms with Gasteiger partial charge < -0.3 is 9.72 Å². The number of rotatable bonds is 3. The van der Waals surface area contributed by atoms with Crippen LogP contribution in [0.1, 0.15) is 10.4 Å². The number of hydrogen-bond acceptors (Lipinski definition) is 4. The van der Waals surface area contributed by atoms with Crippen molar-refractivity contribution in [1.29, 1.82) is 0 Å². The minimum absolute atomic E-state index is 0.116. The Bertz CT molecular complexity index is 1010. The van der Waals surface area contributed by atoms with Gasteiger partial charge in [0.25, 0.3) is 11.5 Å². The van der Waals surface area contributed by atoms with E-state index in [1.807, 2.05) is 0 Å². The maximum Gasteiger partial charge on any atom is 0.281 e. The Morgan fingerprint density at radius 3 is 2.78 bits per heavy atom. The van der Waals surface area contributed by atoms with Gasteiger partial charge >= 0.3 is 0 Å². The Morgan fingerprint density at radius 1 is 1.22 bits per heavy atom. The zero-order valence-corrected chi connectivity index (χ0v) is 13.0. The Kier molecular flexibility index (Phi) is 3.94. The molecule has 1 aromatic heterocycles. The quantitative estimate of drug-likeness (QED) is 0.725. The highest BCUT2D eigenvalue weighted by atomic mass is 32.1. The highest BCUT2D eigenvalue weighted by Crippen LogP contribution is 2.12. The molecule has 23 heavy (non-hydrogen) atoms. The lowest BCUT2D eigenvalue weighted by Gasteiger charge is -2.10. The van der Waals surface area contributed by atoms with Gasteiger partial charge in [-0.05, 0) is 42.5 Å². The van der Waals surface area contributed by atoms with Gasteiger partial charge in [-0.25, -0.2) is 0 Å². The molecule has 0 aliphatic heterocycles. The van der Waals surface area contributed by atoms with Gasteiger partial charge in [-0.1, -0.05) is 18.2 Å². The maximum absolute atomic E-state index is 12.5. The van der Waals surface area contributed by atoms with Crippen molar-refractivity contribution >= 4 is 29.0 Å². The first kappa shape index (κ1) is 15.0. The van der Waals surface area contributed by atoms with E-state index in [0.717, 1.165) is 4.68 Å². The second kappa shape index (κ2) is 6.05. The normalized spacial score (nSPS) is 10.5. The van der Waals surface area contributed by atoms with Crippen LogP contribution >= 0.6 is 12.2 Å². The summed E-state index contributed by atoms with van der Waals surface area (Å²) in [5.74, 6) is 0.0921. The number of hydrogen-bond donors (Lipinski definition) is 2. The number of aromatic amines is 1. The van der Waals surface area contributed by atoms with E-state index in [4.69, 9.17) is 17.0 Å². The predicted molar refractivity (Wildman–Crippen MR) is 90.1 cm³/mol. The number of nitrogens with one attached hydrogen (secondary N) is 2. The van der Waals surface area contributed by atoms with Crippen molar-refractivity contribution in [2.75, 3.05) is 12.5 Å². The average Bonchev–Trinajstić information content (AvgIpc) is 2.58. The lowest BCUT2D eigenvalue weighted by atomic mass is 10.2. The van der Waals surface area contributed by atoms with Gasteiger partial charge in [0.15, 0.2) is 4.77 Å². The molecular formula is C16H13N3O3S. The number of nitrogens with zero attached hydrogens (tertiary/aromatic N) is 1. The number of carbonyl (C=O) groups is 1. The molecule has 0 atom stereocenters. The molecule has 1 heterocycles. The minimum atomic E-state index is -0.458. The number of amides is 1. The number of aromatic nitrogens is 2. The van der Waals surface area contributed by atoms with Crippen LogP contribution in [0.5, 0.6) is 5.75 Å². The number of ether oxygens (including phenoxy) is 1. The number of para-hydroxylation sites is 1. The molecule has 0 aliphatic carbocycles. The van der Waals surface area contributed by atoms with Crippen LogP contribution in [0.3, 0.4) is 0 Å². The number of methoxy groups -OCH3 is 1. The van der Waals surface area contributed by atoms with Gasteiger partial charge in [0, 0.05) is 5.56 Å². The summed E-state index contributed by atoms with van der Waals surface area (Å²) in [6, 6.07) is 13.6. The van der Waals surface area contributed by atoms with E-state index in [1.54, 1.807) is 48.5 Å². The monoisotopic (exact) mass is 327 g/mol. The summed E-state index contributed by atoms with van der Waals surface area (Å²) < 4.78 is 6.23. The molecule has 3 aromatic rings. The van der Waals surface area contributed by atoms with E-state index in [0.29, 0.717) is 22.2 Å². The smallest absolute Gasteiger partial charge is 0.281 e. The summed E-state index contributed by atoms with van der Waals surface area (Å²) in [6.07, 6.45) is 0. The Morgan fingerprint density at radius 2 is 2.00 bits per heavy atom. The van der Waals surface area contributed by atoms with Crippen LogP contribution in [0.25, 0.3) is 10.9 Å². The van der Waals surface area contributed by atoms with Crippen molar-refractivity contribution in [1.82, 2.24) is 9.66 Å². The van der Waals surface area contributed by atoms with Crippen molar-refractivity contribution in [3.05, 3.63) is 69.2 Å². The second-order valence-electron chi connectivity index (χ2n) is 4.79. The zero-order chi connectivity index (χ0) is 16.4. The van der Waals surface area contributed by atoms with Crippen LogP contribution in [0.15, 0.2) is 53.3 Å². The molecule has 0 aliphatic rings. The highest BCUT2D eigenvalue weighted by molar-refractivity contribution is 7.71. The topological polar surface area (TPSA) is 76.1 Å². The summed E-state index contributed by atoms with van der Waals surface area (Å²) in [7, 11) is 1.52. The second-order valence-corrected chi connectivity index (χ2v) is 5.18. The van der Waals surface area contributed by atoms with Crippen molar-refractivity contribution < 1.29 is 9.53 Å². The van der Waals surface area contributed by atoms with E-state index in [9.17, 15) is 9.59 Å². The maximum atomic E-state index is 12.5. The number of benzene rings is 2. The van der Waals surface area contributed by atoms with E-state index in [1.165, 1.54) is 7.11 Å². The molecule has 0 radical (unpaired) electrons. The summed E-state index contributed by atoms with van der Waals surface area (Å²) in [4.78, 5) is 27.7. The molecule has 0 saturated carbocycles. The third-order valence-electron chi connectivity index (χ3n) is 3.35. The highest BCUT2D eigenvalue weighted by Gasteiger charge is 2.11. The molecule has 116 valence electrons. The summed E-state index contributed by atoms with van der Waals surface area (Å²) >= 11 is 5.15. The Hall–Kier alpha value is -2.93. The molecule has 1 amide bonds. The third kappa shape index (κ3) is 2.86. The van der Waals surface area contributed by atoms with Crippen LogP contribution in [0.2, 0.25) is 0 Å². The fourth-order valence-corrected chi connectivity index (χ4v) is 2.43. The van der Waals surface area contributed by atoms with Crippen LogP contribution in [0.4, 0.5) is 0 Å². The van der Waals surface area contributed by atoms with Crippen LogP contribution in [0, 0.1) is 4.77 Å². The first-order valence-electron chi connectivity index (χ1n) is 6.79. The summed E-state index contributed by atoms with van der Waals surface area (Å²) in [5.41, 5.74) is 3.10. The van der Waals surface area contributed by atoms with Crippen molar-refractivity contribution in [3.63, 3.8) is 0 Å². The van der Waals surface area contributed by atoms with E-state index in [2.05, 4.69) is 10.4 Å². The predicted octanol–water partition coefficient (Wildman–Crippen LogP) is 2.45. The molecule has 6 nitrogen and oxygen atoms in total. The van der Waals surface area contributed by atoms with E-state index >= 15 is 0 Å². The molecule has 0 unspecified atom stereocenters. The minimum Gasteiger partial charge on any atom is -0.497 e. The van der Waals surface area contributed by atoms with Gasteiger partial charge in [0.1, 0.15) is 5.75 Å². The average molecular weight is 327 g/mol. The molecule has 0 saturated heterocycles. The Labute approximate surface area is 136 Å². The van der Waals surface area contributed by atoms with E-state index < -0.39 is 5.91 Å². The molecular weight excluding hydrogens is 314 g/mol. The van der Waals surface area contributed by atoms with Gasteiger partial charge in [0.05, 0.1) is 18.0 Å². The number of H-pyrrole nitrogens is 1. The fraction of sp³-hybridized carbons (Fsp3) is 0.0625. The summed E-state index contributed by atoms with van der Waals surface area (Å²) in [6.45, 7) is 0. The standard InChI is InChI=1S/C16H13N3O3S/c1-22-11-6-4-5-10(9-11)14(20)18-19-15(21)12-7-2-3-8-13(12)17-16(19)23/h2-9H,1H3,(H,17,23)(H,18,20). The van der Waals surface area contributed by atoms with Crippen molar-refractivity contribution in [2.45, 2.75) is 0 Å². The lowest BCUT2D eigenvalue weighted by molar-refractivity contribution is 0.101. The SMILES string of the molecule is COc1cccc(C(=O)Nn2c(=S)[nH]c3ccccc3c2=O)c1. The van der Waals surface area contributed by atoms with Crippen LogP contribution in [-0.4, -0.2) is 22.7 Å². The molecule has 0 fully saturated rings. The number of carbonyl (C=O) groups excluding carboxylic acids is 1. The summed E-state index contributed by atoms with van der Waals surface area (Å²) in [5, 5.41) is 0.437. The zero-order valence-electron chi connectivity index (χ0n) is 12.2. The molecule has 2 N–H and O–H groups in total. The molecule has 0 bridgehead atoms. The molecule has 7 heteroatoms. The van der Waals surface area contributed by atoms with Crippen LogP contribution < -0.4 is 15.7 Å². The first-order chi connectivity index (χ1) is 11.1. The van der Waals surface area contributed by atoms with E-state index in [-0.39, 0.29) is 10.3 Å². The molecule has 2 aromatic carbocycles. The fourth-order valence-electron chi connectivity index (χ4n) is 2.19. The Balaban J connectivity index is 2.02. The number of fused-ring (bicyclic) bond motifs is 1.